The predicted molar refractivity (Wildman–Crippen MR) is 41.9 cm³/mol. The van der Waals surface area contributed by atoms with Gasteiger partial charge < -0.3 is 4.74 Å². The van der Waals surface area contributed by atoms with Crippen LogP contribution < -0.4 is 0 Å². The largest absolute Gasteiger partial charge is 0.359 e. The molecule has 0 aromatic heterocycles. The van der Waals surface area contributed by atoms with Crippen molar-refractivity contribution in [3.05, 3.63) is 0 Å². The molecule has 0 spiro atoms. The second-order valence-electron chi connectivity index (χ2n) is 3.20. The second kappa shape index (κ2) is 2.89. The summed E-state index contributed by atoms with van der Waals surface area (Å²) in [7, 11) is 2.13. The van der Waals surface area contributed by atoms with Crippen molar-refractivity contribution in [2.75, 3.05) is 20.2 Å². The van der Waals surface area contributed by atoms with Crippen LogP contribution >= 0.6 is 0 Å². The van der Waals surface area contributed by atoms with E-state index in [9.17, 15) is 0 Å². The molecule has 2 nitrogen and oxygen atoms in total. The van der Waals surface area contributed by atoms with Crippen LogP contribution in [-0.2, 0) is 4.74 Å². The first kappa shape index (κ1) is 8.02. The van der Waals surface area contributed by atoms with Crippen LogP contribution in [0.4, 0.5) is 0 Å². The number of ether oxygens (including phenoxy) is 1. The van der Waals surface area contributed by atoms with Crippen LogP contribution in [0.5, 0.6) is 0 Å². The molecule has 60 valence electrons. The molecule has 1 atom stereocenters. The van der Waals surface area contributed by atoms with E-state index < -0.39 is 0 Å². The van der Waals surface area contributed by atoms with Gasteiger partial charge in [-0.2, -0.15) is 0 Å². The van der Waals surface area contributed by atoms with Crippen molar-refractivity contribution in [3.8, 4) is 0 Å². The molecule has 0 radical (unpaired) electrons. The molecule has 1 aliphatic heterocycles. The second-order valence-corrected chi connectivity index (χ2v) is 3.20. The Bertz CT molecular complexity index is 116. The van der Waals surface area contributed by atoms with Crippen molar-refractivity contribution in [1.82, 2.24) is 4.90 Å². The van der Waals surface area contributed by atoms with Crippen LogP contribution in [0, 0.1) is 0 Å². The average Bonchev–Trinajstić information content (AvgIpc) is 2.15. The lowest BCUT2D eigenvalue weighted by Crippen LogP contribution is -2.39. The van der Waals surface area contributed by atoms with E-state index in [1.807, 2.05) is 0 Å². The van der Waals surface area contributed by atoms with Crippen molar-refractivity contribution in [1.29, 1.82) is 0 Å². The number of nitrogens with zero attached hydrogens (tertiary/aromatic N) is 1. The molecule has 1 rings (SSSR count). The third-order valence-corrected chi connectivity index (χ3v) is 2.36. The van der Waals surface area contributed by atoms with E-state index in [1.54, 1.807) is 0 Å². The van der Waals surface area contributed by atoms with Crippen LogP contribution in [0.3, 0.4) is 0 Å². The Kier molecular flexibility index (Phi) is 2.32. The quantitative estimate of drug-likeness (QED) is 0.580. The number of hydrogen-bond donors (Lipinski definition) is 0. The Labute approximate surface area is 63.2 Å². The summed E-state index contributed by atoms with van der Waals surface area (Å²) >= 11 is 0. The fraction of sp³-hybridized carbons (Fsp3) is 1.00. The monoisotopic (exact) mass is 143 g/mol. The minimum absolute atomic E-state index is 0.0365. The Hall–Kier alpha value is -0.0800. The van der Waals surface area contributed by atoms with Gasteiger partial charge in [-0.3, -0.25) is 4.90 Å². The maximum absolute atomic E-state index is 5.62. The molecular weight excluding hydrogens is 126 g/mol. The van der Waals surface area contributed by atoms with E-state index in [4.69, 9.17) is 4.74 Å². The van der Waals surface area contributed by atoms with Crippen LogP contribution in [0.1, 0.15) is 26.7 Å². The van der Waals surface area contributed by atoms with Crippen molar-refractivity contribution in [2.45, 2.75) is 32.4 Å². The summed E-state index contributed by atoms with van der Waals surface area (Å²) in [6, 6.07) is 0. The molecule has 1 fully saturated rings. The van der Waals surface area contributed by atoms with Crippen LogP contribution in [0.15, 0.2) is 0 Å². The van der Waals surface area contributed by atoms with Crippen molar-refractivity contribution >= 4 is 0 Å². The van der Waals surface area contributed by atoms with Gasteiger partial charge in [-0.15, -0.1) is 0 Å². The highest BCUT2D eigenvalue weighted by Gasteiger charge is 2.33. The summed E-state index contributed by atoms with van der Waals surface area (Å²) in [5.74, 6) is 0. The number of hydrogen-bond acceptors (Lipinski definition) is 2. The van der Waals surface area contributed by atoms with E-state index in [1.165, 1.54) is 6.42 Å². The fourth-order valence-electron chi connectivity index (χ4n) is 1.48. The molecule has 0 saturated carbocycles. The first-order chi connectivity index (χ1) is 4.69. The molecule has 1 unspecified atom stereocenters. The van der Waals surface area contributed by atoms with Gasteiger partial charge in [0.1, 0.15) is 5.72 Å². The van der Waals surface area contributed by atoms with Gasteiger partial charge in [-0.05, 0) is 20.4 Å². The molecule has 0 aromatic rings. The van der Waals surface area contributed by atoms with E-state index in [2.05, 4.69) is 25.8 Å². The highest BCUT2D eigenvalue weighted by Crippen LogP contribution is 2.25. The summed E-state index contributed by atoms with van der Waals surface area (Å²) in [5.41, 5.74) is 0.0365. The van der Waals surface area contributed by atoms with E-state index in [-0.39, 0.29) is 5.72 Å². The van der Waals surface area contributed by atoms with Crippen LogP contribution in [-0.4, -0.2) is 30.8 Å². The zero-order valence-electron chi connectivity index (χ0n) is 7.18. The molecule has 0 N–H and O–H groups in total. The number of rotatable bonds is 2. The third kappa shape index (κ3) is 1.32. The highest BCUT2D eigenvalue weighted by molar-refractivity contribution is 4.78. The van der Waals surface area contributed by atoms with Crippen LogP contribution in [0.25, 0.3) is 0 Å². The average molecular weight is 143 g/mol. The summed E-state index contributed by atoms with van der Waals surface area (Å²) in [5, 5.41) is 0. The lowest BCUT2D eigenvalue weighted by Gasteiger charge is -2.30. The minimum atomic E-state index is 0.0365. The molecule has 1 saturated heterocycles. The maximum atomic E-state index is 5.62. The van der Waals surface area contributed by atoms with Gasteiger partial charge in [-0.25, -0.2) is 0 Å². The number of likely N-dealkylation sites (N-methyl/N-ethyl adjacent to an activating group) is 1. The lowest BCUT2D eigenvalue weighted by molar-refractivity contribution is -0.0623. The van der Waals surface area contributed by atoms with E-state index in [0.717, 1.165) is 19.6 Å². The standard InChI is InChI=1S/C8H17NO/c1-4-5-8(2)9(3)6-7-10-8/h4-7H2,1-3H3. The minimum Gasteiger partial charge on any atom is -0.359 e. The molecule has 1 aliphatic rings. The predicted octanol–water partition coefficient (Wildman–Crippen LogP) is 1.46. The Morgan fingerprint density at radius 1 is 1.60 bits per heavy atom. The van der Waals surface area contributed by atoms with Gasteiger partial charge in [0.25, 0.3) is 0 Å². The van der Waals surface area contributed by atoms with Crippen molar-refractivity contribution in [2.24, 2.45) is 0 Å². The highest BCUT2D eigenvalue weighted by atomic mass is 16.5. The van der Waals surface area contributed by atoms with Gasteiger partial charge >= 0.3 is 0 Å². The van der Waals surface area contributed by atoms with Crippen molar-refractivity contribution in [3.63, 3.8) is 0 Å². The van der Waals surface area contributed by atoms with Crippen molar-refractivity contribution < 1.29 is 4.74 Å². The molecule has 0 bridgehead atoms. The topological polar surface area (TPSA) is 12.5 Å². The molecule has 10 heavy (non-hydrogen) atoms. The van der Waals surface area contributed by atoms with Gasteiger partial charge in [-0.1, -0.05) is 13.3 Å². The molecular formula is C8H17NO. The molecule has 0 aliphatic carbocycles. The molecule has 1 heterocycles. The fourth-order valence-corrected chi connectivity index (χ4v) is 1.48. The first-order valence-electron chi connectivity index (χ1n) is 4.04. The summed E-state index contributed by atoms with van der Waals surface area (Å²) in [6.45, 7) is 6.34. The zero-order valence-corrected chi connectivity index (χ0v) is 7.18. The van der Waals surface area contributed by atoms with Crippen LogP contribution in [0.2, 0.25) is 0 Å². The van der Waals surface area contributed by atoms with E-state index >= 15 is 0 Å². The maximum Gasteiger partial charge on any atom is 0.118 e. The Morgan fingerprint density at radius 2 is 2.30 bits per heavy atom. The SMILES string of the molecule is CCCC1(C)OCCN1C. The first-order valence-corrected chi connectivity index (χ1v) is 4.04. The third-order valence-electron chi connectivity index (χ3n) is 2.36. The normalized spacial score (nSPS) is 35.1. The Morgan fingerprint density at radius 3 is 2.70 bits per heavy atom. The Balaban J connectivity index is 2.48. The molecule has 0 amide bonds. The summed E-state index contributed by atoms with van der Waals surface area (Å²) in [6.07, 6.45) is 2.34. The van der Waals surface area contributed by atoms with Gasteiger partial charge in [0, 0.05) is 6.54 Å². The molecule has 0 aromatic carbocycles. The van der Waals surface area contributed by atoms with Gasteiger partial charge in [0.2, 0.25) is 0 Å². The molecule has 2 heteroatoms. The smallest absolute Gasteiger partial charge is 0.118 e. The summed E-state index contributed by atoms with van der Waals surface area (Å²) < 4.78 is 5.62. The van der Waals surface area contributed by atoms with E-state index in [0.29, 0.717) is 0 Å². The summed E-state index contributed by atoms with van der Waals surface area (Å²) in [4.78, 5) is 2.29. The lowest BCUT2D eigenvalue weighted by atomic mass is 10.1. The van der Waals surface area contributed by atoms with Gasteiger partial charge in [0.15, 0.2) is 0 Å². The zero-order chi connectivity index (χ0) is 7.61. The van der Waals surface area contributed by atoms with Gasteiger partial charge in [0.05, 0.1) is 6.61 Å².